The molecule has 214 valence electrons. The average molecular weight is 602 g/mol. The van der Waals surface area contributed by atoms with Crippen LogP contribution in [0.15, 0.2) is 98.2 Å². The van der Waals surface area contributed by atoms with Gasteiger partial charge >= 0.3 is 6.18 Å². The number of nitrogens with zero attached hydrogens (tertiary/aromatic N) is 4. The van der Waals surface area contributed by atoms with Gasteiger partial charge in [0.05, 0.1) is 16.2 Å². The molecule has 0 amide bonds. The highest BCUT2D eigenvalue weighted by molar-refractivity contribution is 7.90. The maximum Gasteiger partial charge on any atom is 0.416 e. The van der Waals surface area contributed by atoms with Crippen molar-refractivity contribution >= 4 is 39.1 Å². The number of rotatable bonds is 4. The first-order valence-electron chi connectivity index (χ1n) is 13.1. The zero-order valence-corrected chi connectivity index (χ0v) is 23.4. The van der Waals surface area contributed by atoms with Gasteiger partial charge < -0.3 is 5.32 Å². The second-order valence-corrected chi connectivity index (χ2v) is 11.7. The first-order valence-corrected chi connectivity index (χ1v) is 14.9. The van der Waals surface area contributed by atoms with E-state index in [4.69, 9.17) is 16.7 Å². The fraction of sp³-hybridized carbons (Fsp3) is 0.276. The summed E-state index contributed by atoms with van der Waals surface area (Å²) in [4.78, 5) is 4.11. The lowest BCUT2D eigenvalue weighted by Gasteiger charge is -2.32. The summed E-state index contributed by atoms with van der Waals surface area (Å²) in [5, 5.41) is 9.99. The van der Waals surface area contributed by atoms with Crippen LogP contribution >= 0.6 is 11.6 Å². The Morgan fingerprint density at radius 2 is 1.68 bits per heavy atom. The third kappa shape index (κ3) is 6.97. The van der Waals surface area contributed by atoms with Gasteiger partial charge in [0.15, 0.2) is 0 Å². The van der Waals surface area contributed by atoms with E-state index >= 15 is 0 Å². The van der Waals surface area contributed by atoms with Crippen LogP contribution in [0.25, 0.3) is 0 Å². The lowest BCUT2D eigenvalue weighted by atomic mass is 9.86. The van der Waals surface area contributed by atoms with E-state index < -0.39 is 21.8 Å². The van der Waals surface area contributed by atoms with Gasteiger partial charge in [0.2, 0.25) is 5.96 Å². The first kappa shape index (κ1) is 28.8. The normalized spacial score (nSPS) is 18.5. The lowest BCUT2D eigenvalue weighted by molar-refractivity contribution is -0.137. The van der Waals surface area contributed by atoms with Gasteiger partial charge in [0.1, 0.15) is 5.84 Å². The molecule has 0 saturated heterocycles. The van der Waals surface area contributed by atoms with Crippen LogP contribution in [-0.4, -0.2) is 44.0 Å². The molecule has 2 aliphatic heterocycles. The minimum atomic E-state index is -4.59. The van der Waals surface area contributed by atoms with Gasteiger partial charge in [-0.1, -0.05) is 54.1 Å². The summed E-state index contributed by atoms with van der Waals surface area (Å²) in [6.45, 7) is 0.926. The van der Waals surface area contributed by atoms with Gasteiger partial charge in [-0.05, 0) is 66.8 Å². The topological polar surface area (TPSA) is 86.5 Å². The van der Waals surface area contributed by atoms with Gasteiger partial charge in [-0.25, -0.2) is 5.01 Å². The van der Waals surface area contributed by atoms with Gasteiger partial charge in [0.25, 0.3) is 10.0 Å². The van der Waals surface area contributed by atoms with Crippen molar-refractivity contribution in [2.24, 2.45) is 14.5 Å². The highest BCUT2D eigenvalue weighted by Crippen LogP contribution is 2.32. The summed E-state index contributed by atoms with van der Waals surface area (Å²) >= 11 is 6.14. The second-order valence-electron chi connectivity index (χ2n) is 9.69. The zero-order chi connectivity index (χ0) is 29.0. The second kappa shape index (κ2) is 12.0. The molecule has 0 radical (unpaired) electrons. The summed E-state index contributed by atoms with van der Waals surface area (Å²) in [5.41, 5.74) is 1.62. The van der Waals surface area contributed by atoms with E-state index in [1.165, 1.54) is 5.01 Å². The van der Waals surface area contributed by atoms with Crippen molar-refractivity contribution in [3.05, 3.63) is 101 Å². The molecule has 0 aliphatic carbocycles. The van der Waals surface area contributed by atoms with E-state index in [9.17, 15) is 21.6 Å². The number of halogens is 4. The quantitative estimate of drug-likeness (QED) is 0.274. The molecule has 1 N–H and O–H groups in total. The summed E-state index contributed by atoms with van der Waals surface area (Å²) in [5.74, 6) is 0.433. The fourth-order valence-corrected chi connectivity index (χ4v) is 5.80. The average Bonchev–Trinajstić information content (AvgIpc) is 2.97. The summed E-state index contributed by atoms with van der Waals surface area (Å²) in [6, 6.07) is 20.4. The van der Waals surface area contributed by atoms with E-state index in [2.05, 4.69) is 14.7 Å². The highest BCUT2D eigenvalue weighted by Gasteiger charge is 2.32. The molecule has 12 heteroatoms. The maximum absolute atomic E-state index is 13.3. The van der Waals surface area contributed by atoms with E-state index in [1.54, 1.807) is 12.1 Å². The first-order chi connectivity index (χ1) is 19.6. The van der Waals surface area contributed by atoms with Crippen LogP contribution in [0, 0.1) is 0 Å². The van der Waals surface area contributed by atoms with Crippen molar-refractivity contribution in [1.82, 2.24) is 10.3 Å². The van der Waals surface area contributed by atoms with Crippen molar-refractivity contribution in [3.63, 3.8) is 0 Å². The molecular formula is C29H27ClF3N5O2S. The number of nitrogens with one attached hydrogen (secondary N) is 1. The van der Waals surface area contributed by atoms with Gasteiger partial charge in [-0.3, -0.25) is 4.99 Å². The molecule has 0 saturated carbocycles. The minimum Gasteiger partial charge on any atom is -0.312 e. The van der Waals surface area contributed by atoms with Crippen LogP contribution in [0.1, 0.15) is 48.3 Å². The van der Waals surface area contributed by atoms with Crippen LogP contribution in [0.4, 0.5) is 13.2 Å². The predicted octanol–water partition coefficient (Wildman–Crippen LogP) is 6.47. The lowest BCUT2D eigenvalue weighted by Crippen LogP contribution is -2.46. The number of hydrazone groups is 1. The molecule has 1 atom stereocenters. The van der Waals surface area contributed by atoms with Gasteiger partial charge in [0, 0.05) is 30.5 Å². The number of alkyl halides is 3. The minimum absolute atomic E-state index is 0.0662. The van der Waals surface area contributed by atoms with E-state index in [-0.39, 0.29) is 16.8 Å². The molecule has 7 nitrogen and oxygen atoms in total. The molecule has 1 unspecified atom stereocenters. The third-order valence-corrected chi connectivity index (χ3v) is 8.37. The predicted molar refractivity (Wildman–Crippen MR) is 154 cm³/mol. The maximum atomic E-state index is 13.3. The molecule has 0 aromatic heterocycles. The standard InChI is InChI=1S/C29H27ClF3N5O2S/c30-23-13-9-21(10-14-23)27-25(20-6-2-1-3-7-20)17-19-38(36-27)28(35-26-8-4-5-18-34-26)37-41(39,40)24-15-11-22(12-16-24)29(31,32)33/h1-3,6-7,9-16,25H,4-5,8,17-19H2,(H,34,35,37). The van der Waals surface area contributed by atoms with Crippen LogP contribution in [0.3, 0.4) is 0 Å². The summed E-state index contributed by atoms with van der Waals surface area (Å²) < 4.78 is 69.9. The molecule has 0 bridgehead atoms. The number of hydrogen-bond acceptors (Lipinski definition) is 4. The van der Waals surface area contributed by atoms with Gasteiger partial charge in [-0.2, -0.15) is 26.7 Å². The molecule has 5 rings (SSSR count). The van der Waals surface area contributed by atoms with Crippen LogP contribution in [-0.2, 0) is 16.2 Å². The molecular weight excluding hydrogens is 575 g/mol. The number of hydrogen-bond donors (Lipinski definition) is 1. The Hall–Kier alpha value is -3.70. The van der Waals surface area contributed by atoms with E-state index in [0.717, 1.165) is 48.2 Å². The number of amidine groups is 1. The molecule has 2 heterocycles. The van der Waals surface area contributed by atoms with Gasteiger partial charge in [-0.15, -0.1) is 4.40 Å². The zero-order valence-electron chi connectivity index (χ0n) is 21.9. The largest absolute Gasteiger partial charge is 0.416 e. The van der Waals surface area contributed by atoms with Crippen LogP contribution in [0.5, 0.6) is 0 Å². The Bertz CT molecular complexity index is 1570. The number of sulfonamides is 1. The number of aliphatic imine (C=N–C) groups is 1. The van der Waals surface area contributed by atoms with E-state index in [1.807, 2.05) is 42.5 Å². The van der Waals surface area contributed by atoms with Crippen molar-refractivity contribution in [2.45, 2.75) is 42.7 Å². The van der Waals surface area contributed by atoms with Crippen molar-refractivity contribution < 1.29 is 21.6 Å². The number of guanidine groups is 1. The Balaban J connectivity index is 1.57. The molecule has 3 aromatic rings. The molecule has 2 aliphatic rings. The molecule has 41 heavy (non-hydrogen) atoms. The smallest absolute Gasteiger partial charge is 0.312 e. The van der Waals surface area contributed by atoms with Crippen LogP contribution < -0.4 is 5.32 Å². The van der Waals surface area contributed by atoms with Crippen molar-refractivity contribution in [3.8, 4) is 0 Å². The Morgan fingerprint density at radius 1 is 0.976 bits per heavy atom. The Morgan fingerprint density at radius 3 is 2.32 bits per heavy atom. The van der Waals surface area contributed by atoms with Crippen molar-refractivity contribution in [1.29, 1.82) is 0 Å². The number of benzene rings is 3. The Labute approximate surface area is 241 Å². The molecule has 0 fully saturated rings. The SMILES string of the molecule is O=S(=O)(/N=C(/NC1=NCCCC1)N1CCC(c2ccccc2)C(c2ccc(Cl)cc2)=N1)c1ccc(C(F)(F)F)cc1. The summed E-state index contributed by atoms with van der Waals surface area (Å²) in [6.07, 6.45) is -1.59. The van der Waals surface area contributed by atoms with Crippen LogP contribution in [0.2, 0.25) is 5.02 Å². The molecule has 3 aromatic carbocycles. The molecule has 0 spiro atoms. The van der Waals surface area contributed by atoms with E-state index in [0.29, 0.717) is 42.5 Å². The Kier molecular flexibility index (Phi) is 8.46. The monoisotopic (exact) mass is 601 g/mol. The highest BCUT2D eigenvalue weighted by atomic mass is 35.5. The van der Waals surface area contributed by atoms with Crippen molar-refractivity contribution in [2.75, 3.05) is 13.1 Å². The fourth-order valence-electron chi connectivity index (χ4n) is 4.73. The third-order valence-electron chi connectivity index (χ3n) is 6.84. The summed E-state index contributed by atoms with van der Waals surface area (Å²) in [7, 11) is -4.40.